The minimum absolute atomic E-state index is 0. The number of amides is 1. The average molecular weight is 505 g/mol. The molecule has 0 atom stereocenters. The molecule has 1 aromatic carbocycles. The van der Waals surface area contributed by atoms with E-state index >= 15 is 0 Å². The molecule has 3 N–H and O–H groups in total. The molecule has 2 heterocycles. The summed E-state index contributed by atoms with van der Waals surface area (Å²) in [4.78, 5) is 20.9. The Bertz CT molecular complexity index is 897. The molecule has 152 valence electrons. The highest BCUT2D eigenvalue weighted by molar-refractivity contribution is 14.0. The van der Waals surface area contributed by atoms with Crippen molar-refractivity contribution >= 4 is 41.5 Å². The molecule has 0 fully saturated rings. The molecule has 0 aliphatic carbocycles. The van der Waals surface area contributed by atoms with Gasteiger partial charge in [0.05, 0.1) is 25.0 Å². The largest absolute Gasteiger partial charge is 0.459 e. The smallest absolute Gasteiger partial charge is 0.291 e. The molecule has 0 aliphatic heterocycles. The Labute approximate surface area is 187 Å². The van der Waals surface area contributed by atoms with Crippen molar-refractivity contribution in [3.05, 3.63) is 84.1 Å². The number of nitrogens with zero attached hydrogens (tertiary/aromatic N) is 2. The molecule has 1 amide bonds. The van der Waals surface area contributed by atoms with E-state index < -0.39 is 0 Å². The molecule has 0 unspecified atom stereocenters. The van der Waals surface area contributed by atoms with Gasteiger partial charge in [-0.05, 0) is 48.9 Å². The van der Waals surface area contributed by atoms with Crippen molar-refractivity contribution in [3.8, 4) is 0 Å². The van der Waals surface area contributed by atoms with E-state index in [1.807, 2.05) is 49.4 Å². The summed E-state index contributed by atoms with van der Waals surface area (Å²) in [5.74, 6) is 0.732. The van der Waals surface area contributed by atoms with E-state index in [2.05, 4.69) is 25.9 Å². The first kappa shape index (κ1) is 22.4. The summed E-state index contributed by atoms with van der Waals surface area (Å²) in [5.41, 5.74) is 2.69. The van der Waals surface area contributed by atoms with Crippen LogP contribution in [0.15, 0.2) is 76.5 Å². The molecule has 0 spiro atoms. The van der Waals surface area contributed by atoms with E-state index in [0.717, 1.165) is 23.8 Å². The van der Waals surface area contributed by atoms with E-state index in [-0.39, 0.29) is 35.6 Å². The van der Waals surface area contributed by atoms with Crippen molar-refractivity contribution in [2.24, 2.45) is 4.99 Å². The molecule has 7 nitrogen and oxygen atoms in total. The Morgan fingerprint density at radius 2 is 1.90 bits per heavy atom. The van der Waals surface area contributed by atoms with Gasteiger partial charge in [-0.15, -0.1) is 24.0 Å². The zero-order valence-electron chi connectivity index (χ0n) is 16.1. The van der Waals surface area contributed by atoms with E-state index in [1.165, 1.54) is 6.26 Å². The summed E-state index contributed by atoms with van der Waals surface area (Å²) in [6, 6.07) is 16.7. The second-order valence-corrected chi connectivity index (χ2v) is 6.00. The first-order chi connectivity index (χ1) is 13.7. The van der Waals surface area contributed by atoms with Crippen LogP contribution in [0.1, 0.15) is 28.7 Å². The Hall–Kier alpha value is -2.88. The normalized spacial score (nSPS) is 10.7. The Kier molecular flexibility index (Phi) is 9.16. The predicted molar refractivity (Wildman–Crippen MR) is 124 cm³/mol. The topological polar surface area (TPSA) is 91.5 Å². The van der Waals surface area contributed by atoms with Crippen LogP contribution in [0.4, 0.5) is 5.69 Å². The second kappa shape index (κ2) is 11.8. The quantitative estimate of drug-likeness (QED) is 0.258. The van der Waals surface area contributed by atoms with Crippen LogP contribution < -0.4 is 16.0 Å². The van der Waals surface area contributed by atoms with Crippen LogP contribution in [0.5, 0.6) is 0 Å². The summed E-state index contributed by atoms with van der Waals surface area (Å²) in [5, 5.41) is 9.28. The van der Waals surface area contributed by atoms with Gasteiger partial charge in [-0.3, -0.25) is 9.78 Å². The SMILES string of the molecule is CCNC(=NCc1ccc(NC(=O)c2ccco2)cc1)NCc1ccccn1.I. The van der Waals surface area contributed by atoms with Gasteiger partial charge in [-0.25, -0.2) is 4.99 Å². The number of guanidine groups is 1. The van der Waals surface area contributed by atoms with Crippen molar-refractivity contribution in [1.29, 1.82) is 0 Å². The van der Waals surface area contributed by atoms with Gasteiger partial charge in [0, 0.05) is 18.4 Å². The number of pyridine rings is 1. The number of furan rings is 1. The highest BCUT2D eigenvalue weighted by atomic mass is 127. The van der Waals surface area contributed by atoms with Crippen LogP contribution in [-0.4, -0.2) is 23.4 Å². The Morgan fingerprint density at radius 3 is 2.55 bits per heavy atom. The third-order valence-electron chi connectivity index (χ3n) is 3.88. The van der Waals surface area contributed by atoms with Gasteiger partial charge in [-0.2, -0.15) is 0 Å². The maximum atomic E-state index is 12.0. The first-order valence-electron chi connectivity index (χ1n) is 9.10. The maximum Gasteiger partial charge on any atom is 0.291 e. The minimum atomic E-state index is -0.274. The fourth-order valence-corrected chi connectivity index (χ4v) is 2.48. The summed E-state index contributed by atoms with van der Waals surface area (Å²) in [7, 11) is 0. The lowest BCUT2D eigenvalue weighted by atomic mass is 10.2. The van der Waals surface area contributed by atoms with E-state index in [4.69, 9.17) is 4.42 Å². The molecular formula is C21H24IN5O2. The van der Waals surface area contributed by atoms with Crippen LogP contribution in [0, 0.1) is 0 Å². The van der Waals surface area contributed by atoms with Crippen LogP contribution in [0.3, 0.4) is 0 Å². The number of carbonyl (C=O) groups is 1. The average Bonchev–Trinajstić information content (AvgIpc) is 3.27. The second-order valence-electron chi connectivity index (χ2n) is 6.00. The van der Waals surface area contributed by atoms with Crippen molar-refractivity contribution in [3.63, 3.8) is 0 Å². The molecule has 0 saturated heterocycles. The lowest BCUT2D eigenvalue weighted by molar-refractivity contribution is 0.0996. The maximum absolute atomic E-state index is 12.0. The molecule has 0 bridgehead atoms. The van der Waals surface area contributed by atoms with E-state index in [9.17, 15) is 4.79 Å². The number of hydrogen-bond donors (Lipinski definition) is 3. The van der Waals surface area contributed by atoms with Crippen LogP contribution in [0.25, 0.3) is 0 Å². The summed E-state index contributed by atoms with van der Waals surface area (Å²) in [6.45, 7) is 3.91. The molecule has 3 rings (SSSR count). The van der Waals surface area contributed by atoms with Crippen molar-refractivity contribution in [2.75, 3.05) is 11.9 Å². The molecule has 0 aliphatic rings. The number of rotatable bonds is 7. The number of aromatic nitrogens is 1. The van der Waals surface area contributed by atoms with Crippen molar-refractivity contribution in [1.82, 2.24) is 15.6 Å². The number of carbonyl (C=O) groups excluding carboxylic acids is 1. The molecule has 3 aromatic rings. The first-order valence-corrected chi connectivity index (χ1v) is 9.10. The van der Waals surface area contributed by atoms with Gasteiger partial charge >= 0.3 is 0 Å². The van der Waals surface area contributed by atoms with Gasteiger partial charge in [0.25, 0.3) is 5.91 Å². The summed E-state index contributed by atoms with van der Waals surface area (Å²) in [6.07, 6.45) is 3.24. The third kappa shape index (κ3) is 7.22. The molecule has 29 heavy (non-hydrogen) atoms. The molecule has 8 heteroatoms. The lowest BCUT2D eigenvalue weighted by Gasteiger charge is -2.11. The fourth-order valence-electron chi connectivity index (χ4n) is 2.48. The number of halogens is 1. The zero-order chi connectivity index (χ0) is 19.6. The number of benzene rings is 1. The highest BCUT2D eigenvalue weighted by Crippen LogP contribution is 2.12. The van der Waals surface area contributed by atoms with Crippen LogP contribution >= 0.6 is 24.0 Å². The fraction of sp³-hybridized carbons (Fsp3) is 0.190. The molecular weight excluding hydrogens is 481 g/mol. The Morgan fingerprint density at radius 1 is 1.07 bits per heavy atom. The Balaban J connectivity index is 0.00000300. The number of hydrogen-bond acceptors (Lipinski definition) is 4. The predicted octanol–water partition coefficient (Wildman–Crippen LogP) is 3.80. The van der Waals surface area contributed by atoms with Gasteiger partial charge in [0.2, 0.25) is 0 Å². The summed E-state index contributed by atoms with van der Waals surface area (Å²) >= 11 is 0. The number of anilines is 1. The number of aliphatic imine (C=N–C) groups is 1. The van der Waals surface area contributed by atoms with Gasteiger partial charge in [0.1, 0.15) is 0 Å². The molecule has 2 aromatic heterocycles. The van der Waals surface area contributed by atoms with E-state index in [0.29, 0.717) is 18.8 Å². The lowest BCUT2D eigenvalue weighted by Crippen LogP contribution is -2.36. The van der Waals surface area contributed by atoms with Gasteiger partial charge in [-0.1, -0.05) is 18.2 Å². The standard InChI is InChI=1S/C21H23N5O2.HI/c1-2-22-21(25-15-18-6-3-4-12-23-18)24-14-16-8-10-17(11-9-16)26-20(27)19-7-5-13-28-19;/h3-13H,2,14-15H2,1H3,(H,26,27)(H2,22,24,25);1H. The van der Waals surface area contributed by atoms with Gasteiger partial charge < -0.3 is 20.4 Å². The minimum Gasteiger partial charge on any atom is -0.459 e. The van der Waals surface area contributed by atoms with Crippen LogP contribution in [0.2, 0.25) is 0 Å². The summed E-state index contributed by atoms with van der Waals surface area (Å²) < 4.78 is 5.09. The van der Waals surface area contributed by atoms with E-state index in [1.54, 1.807) is 18.3 Å². The third-order valence-corrected chi connectivity index (χ3v) is 3.88. The van der Waals surface area contributed by atoms with Crippen molar-refractivity contribution < 1.29 is 9.21 Å². The number of nitrogens with one attached hydrogen (secondary N) is 3. The molecule has 0 saturated carbocycles. The van der Waals surface area contributed by atoms with Crippen molar-refractivity contribution in [2.45, 2.75) is 20.0 Å². The zero-order valence-corrected chi connectivity index (χ0v) is 18.4. The highest BCUT2D eigenvalue weighted by Gasteiger charge is 2.08. The van der Waals surface area contributed by atoms with Crippen LogP contribution in [-0.2, 0) is 13.1 Å². The monoisotopic (exact) mass is 505 g/mol. The molecule has 0 radical (unpaired) electrons. The van der Waals surface area contributed by atoms with Gasteiger partial charge in [0.15, 0.2) is 11.7 Å².